The molecule has 0 fully saturated rings. The highest BCUT2D eigenvalue weighted by Crippen LogP contribution is 2.28. The van der Waals surface area contributed by atoms with E-state index in [1.54, 1.807) is 0 Å². The van der Waals surface area contributed by atoms with E-state index in [0.717, 1.165) is 4.68 Å². The van der Waals surface area contributed by atoms with Crippen LogP contribution in [-0.4, -0.2) is 35.1 Å². The predicted molar refractivity (Wildman–Crippen MR) is 121 cm³/mol. The van der Waals surface area contributed by atoms with Gasteiger partial charge in [-0.15, -0.1) is 0 Å². The van der Waals surface area contributed by atoms with E-state index in [0.29, 0.717) is 4.90 Å². The zero-order valence-electron chi connectivity index (χ0n) is 29.8. The molecule has 2 aromatic heterocycles. The third-order valence-corrected chi connectivity index (χ3v) is 5.00. The number of hydrogen-bond donors (Lipinski definition) is 2. The van der Waals surface area contributed by atoms with Crippen molar-refractivity contribution in [3.8, 4) is 0 Å². The lowest BCUT2D eigenvalue weighted by Crippen LogP contribution is -2.14. The van der Waals surface area contributed by atoms with Crippen molar-refractivity contribution < 1.29 is 27.6 Å². The van der Waals surface area contributed by atoms with Crippen molar-refractivity contribution in [3.63, 3.8) is 0 Å². The summed E-state index contributed by atoms with van der Waals surface area (Å²) >= 11 is 0. The summed E-state index contributed by atoms with van der Waals surface area (Å²) in [6.07, 6.45) is -0.852. The SMILES string of the molecule is [2H]c1nc(Nc2c([2H])c([2H])c(C([2H])([2H])[2H])c(S(N)(=O)=O)c2[2H])nc(N(c2ccc3c(C([2H])([2H])[2H])n(C)nc3c2)C([2H])([2H])[2H])c1[2H]. The molecule has 0 atom stereocenters. The highest BCUT2D eigenvalue weighted by Gasteiger charge is 2.14. The zero-order valence-corrected chi connectivity index (χ0v) is 16.6. The van der Waals surface area contributed by atoms with Crippen molar-refractivity contribution >= 4 is 44.1 Å². The van der Waals surface area contributed by atoms with E-state index in [4.69, 9.17) is 24.3 Å². The topological polar surface area (TPSA) is 119 Å². The van der Waals surface area contributed by atoms with Gasteiger partial charge >= 0.3 is 0 Å². The van der Waals surface area contributed by atoms with E-state index in [-0.39, 0.29) is 22.3 Å². The molecule has 4 rings (SSSR count). The lowest BCUT2D eigenvalue weighted by atomic mass is 10.2. The number of benzene rings is 2. The quantitative estimate of drug-likeness (QED) is 0.478. The summed E-state index contributed by atoms with van der Waals surface area (Å²) in [6, 6.07) is -0.200. The summed E-state index contributed by atoms with van der Waals surface area (Å²) in [4.78, 5) is 6.99. The lowest BCUT2D eigenvalue weighted by molar-refractivity contribution is 0.597. The summed E-state index contributed by atoms with van der Waals surface area (Å²) in [5.74, 6) is -1.41. The largest absolute Gasteiger partial charge is 0.329 e. The van der Waals surface area contributed by atoms with Crippen molar-refractivity contribution in [1.29, 1.82) is 0 Å². The van der Waals surface area contributed by atoms with Crippen LogP contribution in [0.3, 0.4) is 0 Å². The van der Waals surface area contributed by atoms with Gasteiger partial charge in [-0.05, 0) is 55.6 Å². The number of nitrogens with two attached hydrogens (primary N) is 1. The van der Waals surface area contributed by atoms with Crippen LogP contribution >= 0.6 is 0 Å². The second-order valence-corrected chi connectivity index (χ2v) is 7.74. The van der Waals surface area contributed by atoms with Crippen LogP contribution in [-0.2, 0) is 17.1 Å². The molecule has 9 nitrogen and oxygen atoms in total. The van der Waals surface area contributed by atoms with Crippen LogP contribution in [0, 0.1) is 13.7 Å². The predicted octanol–water partition coefficient (Wildman–Crippen LogP) is 3.14. The molecular formula is C21H23N7O2S. The Morgan fingerprint density at radius 1 is 1.26 bits per heavy atom. The molecule has 4 aromatic rings. The molecule has 0 unspecified atom stereocenters. The first-order valence-corrected chi connectivity index (χ1v) is 9.97. The van der Waals surface area contributed by atoms with E-state index < -0.39 is 89.0 Å². The van der Waals surface area contributed by atoms with Gasteiger partial charge in [0, 0.05) is 55.0 Å². The van der Waals surface area contributed by atoms with Gasteiger partial charge in [-0.2, -0.15) is 10.1 Å². The Bertz CT molecular complexity index is 1950. The second kappa shape index (κ2) is 7.64. The number of sulfonamides is 1. The molecule has 0 saturated carbocycles. The molecule has 31 heavy (non-hydrogen) atoms. The first-order chi connectivity index (χ1) is 20.4. The second-order valence-electron chi connectivity index (χ2n) is 6.24. The minimum absolute atomic E-state index is 0.0888. The summed E-state index contributed by atoms with van der Waals surface area (Å²) < 4.78 is 138. The molecule has 0 spiro atoms. The standard InChI is InChI=1S/C21H23N7O2S/c1-13-5-6-15(11-19(13)31(22,29)30)24-21-23-10-9-20(25-21)27(3)16-7-8-17-14(2)28(4)26-18(17)12-16/h5-12H,1-4H3,(H2,22,29,30)(H,23,24,25)/i1D3,2D3,3D3,5D,6D,9D,10D,11D. The van der Waals surface area contributed by atoms with Gasteiger partial charge in [0.1, 0.15) is 5.82 Å². The average molecular weight is 452 g/mol. The van der Waals surface area contributed by atoms with E-state index in [9.17, 15) is 8.42 Å². The first-order valence-electron chi connectivity index (χ1n) is 15.4. The number of rotatable bonds is 5. The minimum Gasteiger partial charge on any atom is -0.329 e. The minimum atomic E-state index is -4.95. The van der Waals surface area contributed by atoms with Crippen LogP contribution in [0.5, 0.6) is 0 Å². The number of anilines is 4. The van der Waals surface area contributed by atoms with Gasteiger partial charge in [-0.25, -0.2) is 18.5 Å². The Morgan fingerprint density at radius 3 is 2.87 bits per heavy atom. The maximum Gasteiger partial charge on any atom is 0.238 e. The number of aromatic nitrogens is 4. The summed E-state index contributed by atoms with van der Waals surface area (Å²) in [6.45, 7) is -8.89. The molecule has 160 valence electrons. The molecule has 0 saturated heterocycles. The molecule has 2 aromatic carbocycles. The van der Waals surface area contributed by atoms with Crippen molar-refractivity contribution in [3.05, 3.63) is 59.8 Å². The normalized spacial score (nSPS) is 19.4. The molecule has 0 aliphatic rings. The van der Waals surface area contributed by atoms with Crippen molar-refractivity contribution in [2.24, 2.45) is 12.2 Å². The molecule has 0 aliphatic heterocycles. The Hall–Kier alpha value is -3.50. The molecule has 0 radical (unpaired) electrons. The molecule has 2 heterocycles. The van der Waals surface area contributed by atoms with Crippen molar-refractivity contribution in [2.75, 3.05) is 17.2 Å². The number of primary sulfonamides is 1. The fraction of sp³-hybridized carbons (Fsp3) is 0.190. The van der Waals surface area contributed by atoms with E-state index >= 15 is 0 Å². The Kier molecular flexibility index (Phi) is 2.40. The monoisotopic (exact) mass is 451 g/mol. The van der Waals surface area contributed by atoms with Gasteiger partial charge in [0.05, 0.1) is 17.3 Å². The number of hydrogen-bond acceptors (Lipinski definition) is 7. The molecule has 0 bridgehead atoms. The highest BCUT2D eigenvalue weighted by molar-refractivity contribution is 7.89. The summed E-state index contributed by atoms with van der Waals surface area (Å²) in [5, 5.41) is 11.8. The molecular weight excluding hydrogens is 414 g/mol. The fourth-order valence-corrected chi connectivity index (χ4v) is 3.25. The Morgan fingerprint density at radius 2 is 2.13 bits per heavy atom. The van der Waals surface area contributed by atoms with Crippen LogP contribution in [0.1, 0.15) is 30.4 Å². The molecule has 10 heteroatoms. The Labute approximate surface area is 200 Å². The Balaban J connectivity index is 1.93. The van der Waals surface area contributed by atoms with Crippen LogP contribution in [0.2, 0.25) is 0 Å². The lowest BCUT2D eigenvalue weighted by Gasteiger charge is -2.19. The molecule has 3 N–H and O–H groups in total. The van der Waals surface area contributed by atoms with Gasteiger partial charge in [0.2, 0.25) is 16.0 Å². The van der Waals surface area contributed by atoms with Crippen LogP contribution in [0.15, 0.2) is 53.4 Å². The van der Waals surface area contributed by atoms with Crippen LogP contribution in [0.25, 0.3) is 10.9 Å². The number of fused-ring (bicyclic) bond motifs is 1. The van der Waals surface area contributed by atoms with E-state index in [1.807, 2.05) is 0 Å². The van der Waals surface area contributed by atoms with Crippen molar-refractivity contribution in [2.45, 2.75) is 18.6 Å². The summed E-state index contributed by atoms with van der Waals surface area (Å²) in [7, 11) is -3.55. The fourth-order valence-electron chi connectivity index (χ4n) is 2.67. The van der Waals surface area contributed by atoms with Crippen molar-refractivity contribution in [1.82, 2.24) is 19.7 Å². The van der Waals surface area contributed by atoms with Gasteiger partial charge in [0.15, 0.2) is 0 Å². The maximum absolute atomic E-state index is 12.3. The first kappa shape index (κ1) is 9.75. The maximum atomic E-state index is 12.3. The van der Waals surface area contributed by atoms with E-state index in [2.05, 4.69) is 20.4 Å². The third-order valence-electron chi connectivity index (χ3n) is 4.13. The van der Waals surface area contributed by atoms with Gasteiger partial charge in [-0.3, -0.25) is 4.68 Å². The zero-order chi connectivity index (χ0) is 34.2. The van der Waals surface area contributed by atoms with E-state index in [1.165, 1.54) is 25.2 Å². The number of nitrogens with zero attached hydrogens (tertiary/aromatic N) is 5. The number of aryl methyl sites for hydroxylation is 2. The van der Waals surface area contributed by atoms with Gasteiger partial charge in [-0.1, -0.05) is 6.04 Å². The van der Waals surface area contributed by atoms with Gasteiger partial charge in [0.25, 0.3) is 0 Å². The third kappa shape index (κ3) is 4.07. The highest BCUT2D eigenvalue weighted by atomic mass is 32.2. The molecule has 0 aliphatic carbocycles. The smallest absolute Gasteiger partial charge is 0.238 e. The average Bonchev–Trinajstić information content (AvgIpc) is 3.19. The van der Waals surface area contributed by atoms with Gasteiger partial charge < -0.3 is 10.2 Å². The summed E-state index contributed by atoms with van der Waals surface area (Å²) in [5.41, 5.74) is -2.12. The molecule has 0 amide bonds. The number of nitrogens with one attached hydrogen (secondary N) is 1. The van der Waals surface area contributed by atoms with Crippen LogP contribution < -0.4 is 15.4 Å². The van der Waals surface area contributed by atoms with Crippen LogP contribution in [0.4, 0.5) is 23.1 Å².